The summed E-state index contributed by atoms with van der Waals surface area (Å²) in [5.74, 6) is -11.0. The molecule has 8 atom stereocenters. The molecule has 0 aliphatic rings. The van der Waals surface area contributed by atoms with Crippen molar-refractivity contribution in [2.45, 2.75) is 183 Å². The minimum Gasteiger partial charge on any atom is -0.467 e. The fraction of sp³-hybridized carbons (Fsp3) is 0.351. The van der Waals surface area contributed by atoms with E-state index < -0.39 is 131 Å². The molecule has 8 aromatic carbocycles. The normalized spacial score (nSPS) is 14.1. The second-order valence-electron chi connectivity index (χ2n) is 32.7. The molecule has 121 heavy (non-hydrogen) atoms. The topological polar surface area (TPSA) is 385 Å². The van der Waals surface area contributed by atoms with Gasteiger partial charge in [-0.15, -0.1) is 0 Å². The third-order valence-electron chi connectivity index (χ3n) is 19.4. The quantitative estimate of drug-likeness (QED) is 0.0128. The van der Waals surface area contributed by atoms with E-state index in [1.54, 1.807) is 95.3 Å². The molecule has 8 aromatic rings. The van der Waals surface area contributed by atoms with Gasteiger partial charge in [0.05, 0.1) is 7.11 Å². The number of carbonyl (C=O) groups is 13. The summed E-state index contributed by atoms with van der Waals surface area (Å²) in [5, 5.41) is 38.3. The number of fused-ring (bicyclic) bond motifs is 4. The average molecular weight is 1650 g/mol. The van der Waals surface area contributed by atoms with Gasteiger partial charge >= 0.3 is 12.1 Å². The van der Waals surface area contributed by atoms with Gasteiger partial charge in [-0.2, -0.15) is 0 Å². The summed E-state index contributed by atoms with van der Waals surface area (Å²) in [5.41, 5.74) is -0.0856. The van der Waals surface area contributed by atoms with E-state index in [-0.39, 0.29) is 72.1 Å². The largest absolute Gasteiger partial charge is 0.467 e. The van der Waals surface area contributed by atoms with Crippen molar-refractivity contribution in [2.24, 2.45) is 23.7 Å². The fourth-order valence-electron chi connectivity index (χ4n) is 13.3. The molecule has 27 heteroatoms. The second-order valence-corrected chi connectivity index (χ2v) is 32.7. The van der Waals surface area contributed by atoms with Crippen molar-refractivity contribution in [3.8, 4) is 0 Å². The number of benzene rings is 8. The van der Waals surface area contributed by atoms with Gasteiger partial charge in [-0.05, 0) is 187 Å². The molecule has 0 saturated carbocycles. The van der Waals surface area contributed by atoms with E-state index in [1.165, 1.54) is 59.1 Å². The van der Waals surface area contributed by atoms with Crippen molar-refractivity contribution in [1.29, 1.82) is 0 Å². The molecular formula is C94H112N12O15. The lowest BCUT2D eigenvalue weighted by molar-refractivity contribution is -0.145. The van der Waals surface area contributed by atoms with E-state index in [1.807, 2.05) is 151 Å². The Balaban J connectivity index is 1.01. The Morgan fingerprint density at radius 1 is 0.289 bits per heavy atom. The van der Waals surface area contributed by atoms with Crippen LogP contribution in [0.1, 0.15) is 152 Å². The molecule has 0 unspecified atom stereocenters. The van der Waals surface area contributed by atoms with Crippen LogP contribution in [-0.2, 0) is 67.0 Å². The van der Waals surface area contributed by atoms with E-state index in [0.717, 1.165) is 32.3 Å². The highest BCUT2D eigenvalue weighted by Crippen LogP contribution is 2.27. The lowest BCUT2D eigenvalue weighted by Crippen LogP contribution is -2.56. The molecule has 0 fully saturated rings. The van der Waals surface area contributed by atoms with Crippen molar-refractivity contribution in [3.63, 3.8) is 0 Å². The zero-order chi connectivity index (χ0) is 88.5. The van der Waals surface area contributed by atoms with Gasteiger partial charge in [0.15, 0.2) is 0 Å². The van der Waals surface area contributed by atoms with Crippen LogP contribution in [0, 0.1) is 23.7 Å². The van der Waals surface area contributed by atoms with Crippen LogP contribution >= 0.6 is 0 Å². The van der Waals surface area contributed by atoms with Crippen LogP contribution in [0.4, 0.5) is 4.79 Å². The SMILES string of the molecule is COC(=O)[C@H](CC(C)C)NC(=O)/C(=C/c1cccc2ccccc12)NC(=O)[C@H](C)NC(=O)[C@H](CC(C)C)NC(=O)/C(=C/c1cccc2ccccc12)NC(=O)[C@H](C)NC(=O)[C@H](CC(C)C)NC(=O)/C(=C/c1cccc2ccccc12)NC(=O)[C@H](C)NC(=O)[C@H](CC(C)C)NC(=O)/C(=C/c1cccc2ccccc12)NC(=O)[C@H](C)NC(=O)OC(C)(C)C. The van der Waals surface area contributed by atoms with Crippen LogP contribution in [0.3, 0.4) is 0 Å². The Morgan fingerprint density at radius 3 is 0.752 bits per heavy atom. The first kappa shape index (κ1) is 93.2. The van der Waals surface area contributed by atoms with Crippen LogP contribution in [0.2, 0.25) is 0 Å². The summed E-state index contributed by atoms with van der Waals surface area (Å²) in [4.78, 5) is 186. The van der Waals surface area contributed by atoms with Gasteiger partial charge in [0.1, 0.15) is 76.7 Å². The molecule has 27 nitrogen and oxygen atoms in total. The summed E-state index contributed by atoms with van der Waals surface area (Å²) in [6.45, 7) is 25.1. The van der Waals surface area contributed by atoms with Gasteiger partial charge < -0.3 is 73.3 Å². The Kier molecular flexibility index (Phi) is 33.4. The molecule has 0 radical (unpaired) electrons. The smallest absolute Gasteiger partial charge is 0.408 e. The zero-order valence-corrected chi connectivity index (χ0v) is 71.4. The summed E-state index contributed by atoms with van der Waals surface area (Å²) in [7, 11) is 1.20. The number of carbonyl (C=O) groups excluding carboxylic acids is 13. The van der Waals surface area contributed by atoms with Crippen LogP contribution in [0.5, 0.6) is 0 Å². The molecule has 0 spiro atoms. The average Bonchev–Trinajstić information content (AvgIpc) is 0.827. The first-order valence-electron chi connectivity index (χ1n) is 40.6. The van der Waals surface area contributed by atoms with E-state index >= 15 is 9.59 Å². The van der Waals surface area contributed by atoms with Gasteiger partial charge in [0.25, 0.3) is 23.6 Å². The number of ether oxygens (including phenoxy) is 2. The van der Waals surface area contributed by atoms with E-state index in [9.17, 15) is 52.7 Å². The maximum Gasteiger partial charge on any atom is 0.408 e. The number of alkyl carbamates (subject to hydrolysis) is 1. The van der Waals surface area contributed by atoms with Crippen molar-refractivity contribution in [3.05, 3.63) is 215 Å². The molecule has 0 aliphatic heterocycles. The number of nitrogens with one attached hydrogen (secondary N) is 12. The lowest BCUT2D eigenvalue weighted by atomic mass is 10.0. The number of hydrogen-bond donors (Lipinski definition) is 12. The lowest BCUT2D eigenvalue weighted by Gasteiger charge is -2.25. The molecular weight excluding hydrogens is 1540 g/mol. The molecule has 638 valence electrons. The van der Waals surface area contributed by atoms with E-state index in [2.05, 4.69) is 63.8 Å². The molecule has 0 saturated heterocycles. The van der Waals surface area contributed by atoms with Crippen LogP contribution in [0.15, 0.2) is 193 Å². The number of methoxy groups -OCH3 is 1. The maximum absolute atomic E-state index is 15.1. The van der Waals surface area contributed by atoms with Gasteiger partial charge in [-0.1, -0.05) is 225 Å². The fourth-order valence-corrected chi connectivity index (χ4v) is 13.3. The van der Waals surface area contributed by atoms with E-state index in [0.29, 0.717) is 33.0 Å². The minimum absolute atomic E-state index is 0.0101. The predicted molar refractivity (Wildman–Crippen MR) is 469 cm³/mol. The highest BCUT2D eigenvalue weighted by Gasteiger charge is 2.35. The van der Waals surface area contributed by atoms with Gasteiger partial charge in [0.2, 0.25) is 41.4 Å². The third kappa shape index (κ3) is 27.6. The molecule has 0 heterocycles. The van der Waals surface area contributed by atoms with E-state index in [4.69, 9.17) is 9.47 Å². The van der Waals surface area contributed by atoms with Crippen molar-refractivity contribution < 1.29 is 71.8 Å². The first-order valence-corrected chi connectivity index (χ1v) is 40.6. The molecule has 8 rings (SSSR count). The zero-order valence-electron chi connectivity index (χ0n) is 71.4. The van der Waals surface area contributed by atoms with Gasteiger partial charge in [-0.3, -0.25) is 52.7 Å². The summed E-state index contributed by atoms with van der Waals surface area (Å²) in [6, 6.07) is 40.3. The monoisotopic (exact) mass is 1650 g/mol. The Bertz CT molecular complexity index is 5290. The number of hydrogen-bond acceptors (Lipinski definition) is 15. The molecule has 0 bridgehead atoms. The number of amides is 12. The molecule has 12 amide bonds. The summed E-state index contributed by atoms with van der Waals surface area (Å²) in [6.07, 6.45) is 5.14. The van der Waals surface area contributed by atoms with Crippen LogP contribution in [0.25, 0.3) is 67.4 Å². The third-order valence-corrected chi connectivity index (χ3v) is 19.4. The Labute approximate surface area is 705 Å². The van der Waals surface area contributed by atoms with Crippen molar-refractivity contribution in [2.75, 3.05) is 7.11 Å². The highest BCUT2D eigenvalue weighted by atomic mass is 16.6. The van der Waals surface area contributed by atoms with Crippen molar-refractivity contribution >= 4 is 144 Å². The maximum atomic E-state index is 15.1. The van der Waals surface area contributed by atoms with Crippen LogP contribution in [-0.4, -0.2) is 138 Å². The summed E-state index contributed by atoms with van der Waals surface area (Å²) < 4.78 is 10.4. The van der Waals surface area contributed by atoms with Crippen LogP contribution < -0.4 is 63.8 Å². The number of esters is 1. The first-order chi connectivity index (χ1) is 57.3. The summed E-state index contributed by atoms with van der Waals surface area (Å²) >= 11 is 0. The Hall–Kier alpha value is -13.3. The predicted octanol–water partition coefficient (Wildman–Crippen LogP) is 11.0. The Morgan fingerprint density at radius 2 is 0.512 bits per heavy atom. The van der Waals surface area contributed by atoms with Crippen molar-refractivity contribution in [1.82, 2.24) is 63.8 Å². The van der Waals surface area contributed by atoms with Gasteiger partial charge in [0, 0.05) is 0 Å². The molecule has 12 N–H and O–H groups in total. The minimum atomic E-state index is -1.44. The second kappa shape index (κ2) is 43.4. The molecule has 0 aromatic heterocycles. The standard InChI is InChI=1S/C94H112N12O15/c1-53(2)45-73(103-88(114)76(49-65-37-25-33-61-29-17-21-41-69(61)65)100-82(108)58(10)96-87(113)75(47-55(5)6)105-90(116)78(51-67-39-27-35-63-31-19-23-43-71(63)67)102-84(110)60(12)98-93(119)121-94(13,14)15)85(111)95-57(9)81(107)99-77(50-66-38-26-34-62-30-18-22-42-70(62)66)89(115)104-74(46-54(3)4)86(112)97-59(11)83(109)101-79(91(117)106-80(48-56(7)8)92(118)120-16)52-68-40-28-36-64-32-20-24-44-72(64)68/h17-44,49-60,73-75,80H,45-48H2,1-16H3,(H,95,111)(H,96,113)(H,97,112)(H,98,119)(H,99,107)(H,100,108)(H,101,109)(H,102,110)(H,103,114)(H,104,115)(H,105,116)(H,106,117)/b76-49-,77-50-,78-51-,79-52-/t57-,58-,59-,60-,73-,74-,75-,80-/m0/s1. The number of rotatable bonds is 36. The highest BCUT2D eigenvalue weighted by molar-refractivity contribution is 6.11. The van der Waals surface area contributed by atoms with Gasteiger partial charge in [-0.25, -0.2) is 9.59 Å². The molecule has 0 aliphatic carbocycles.